The molecule has 0 aliphatic rings. The summed E-state index contributed by atoms with van der Waals surface area (Å²) in [4.78, 5) is 0. The van der Waals surface area contributed by atoms with Crippen LogP contribution in [0.1, 0.15) is 0 Å². The van der Waals surface area contributed by atoms with Crippen LogP contribution in [0.4, 0.5) is 0 Å². The van der Waals surface area contributed by atoms with Crippen molar-refractivity contribution in [3.63, 3.8) is 0 Å². The van der Waals surface area contributed by atoms with Crippen molar-refractivity contribution in [1.29, 1.82) is 0 Å². The van der Waals surface area contributed by atoms with E-state index in [2.05, 4.69) is 103 Å². The van der Waals surface area contributed by atoms with Gasteiger partial charge in [0.1, 0.15) is 0 Å². The first-order chi connectivity index (χ1) is 9.84. The van der Waals surface area contributed by atoms with E-state index in [4.69, 9.17) is 0 Å². The van der Waals surface area contributed by atoms with E-state index in [9.17, 15) is 0 Å². The predicted molar refractivity (Wildman–Crippen MR) is 84.8 cm³/mol. The molecule has 0 atom stereocenters. The zero-order valence-corrected chi connectivity index (χ0v) is 15.8. The Bertz CT molecular complexity index is 650. The summed E-state index contributed by atoms with van der Waals surface area (Å²) in [5, 5.41) is 4.19. The first-order valence-corrected chi connectivity index (χ1v) is 8.70. The number of hydrogen-bond donors (Lipinski definition) is 0. The molecule has 0 aliphatic heterocycles. The molecule has 0 heterocycles. The van der Waals surface area contributed by atoms with Gasteiger partial charge in [-0.25, -0.2) is 0 Å². The van der Waals surface area contributed by atoms with E-state index in [1.807, 2.05) is 0 Å². The summed E-state index contributed by atoms with van der Waals surface area (Å²) >= 11 is 2.69. The van der Waals surface area contributed by atoms with Gasteiger partial charge in [0.15, 0.2) is 0 Å². The summed E-state index contributed by atoms with van der Waals surface area (Å²) < 4.78 is 1.25. The first-order valence-electron chi connectivity index (χ1n) is 6.49. The van der Waals surface area contributed by atoms with Gasteiger partial charge in [0.05, 0.1) is 0 Å². The van der Waals surface area contributed by atoms with Crippen molar-refractivity contribution in [3.8, 4) is 0 Å². The van der Waals surface area contributed by atoms with Crippen molar-refractivity contribution in [2.24, 2.45) is 0 Å². The molecule has 0 nitrogen and oxygen atoms in total. The van der Waals surface area contributed by atoms with Crippen molar-refractivity contribution in [2.45, 2.75) is 0 Å². The van der Waals surface area contributed by atoms with E-state index in [0.717, 1.165) is 0 Å². The van der Waals surface area contributed by atoms with Crippen molar-refractivity contribution in [3.05, 3.63) is 84.9 Å². The van der Waals surface area contributed by atoms with E-state index in [-0.39, 0.29) is 24.8 Å². The van der Waals surface area contributed by atoms with Crippen LogP contribution in [0.25, 0.3) is 0 Å². The molecule has 3 aromatic carbocycles. The van der Waals surface area contributed by atoms with Crippen LogP contribution in [0.5, 0.6) is 0 Å². The molecule has 3 rings (SSSR count). The van der Waals surface area contributed by atoms with Crippen LogP contribution < -0.4 is 44.9 Å². The molecule has 0 fully saturated rings. The fourth-order valence-corrected chi connectivity index (χ4v) is 5.18. The van der Waals surface area contributed by atoms with Crippen LogP contribution in [-0.2, 0) is 18.3 Å². The van der Waals surface area contributed by atoms with E-state index in [1.54, 1.807) is 0 Å². The van der Waals surface area contributed by atoms with Gasteiger partial charge in [-0.3, -0.25) is 0 Å². The summed E-state index contributed by atoms with van der Waals surface area (Å²) in [5.41, 5.74) is 0. The fourth-order valence-electron chi connectivity index (χ4n) is 2.21. The van der Waals surface area contributed by atoms with Gasteiger partial charge >= 0.3 is 131 Å². The minimum atomic E-state index is -0.473. The van der Waals surface area contributed by atoms with E-state index in [0.29, 0.717) is 0 Å². The fraction of sp³-hybridized carbons (Fsp3) is 0. The standard InChI is InChI=1S/C18H14P.2ClH.Ru/c1-4-10-16(11-5-1)19(17-12-6-2-7-13-17)18-14-8-3-9-15-18;;;/h1-8,10-15H;2*1H;/q;;;+2/p-2. The molecular weight excluding hydrogens is 419 g/mol. The van der Waals surface area contributed by atoms with Gasteiger partial charge in [-0.15, -0.1) is 0 Å². The van der Waals surface area contributed by atoms with Crippen LogP contribution in [0, 0.1) is 0 Å². The Morgan fingerprint density at radius 1 is 0.545 bits per heavy atom. The van der Waals surface area contributed by atoms with Crippen molar-refractivity contribution >= 4 is 28.0 Å². The third-order valence-corrected chi connectivity index (χ3v) is 6.05. The second kappa shape index (κ2) is 9.44. The molecule has 0 N–H and O–H groups in total. The number of halogens is 2. The van der Waals surface area contributed by atoms with Crippen LogP contribution >= 0.6 is 7.92 Å². The van der Waals surface area contributed by atoms with Crippen molar-refractivity contribution in [1.82, 2.24) is 0 Å². The van der Waals surface area contributed by atoms with Gasteiger partial charge in [0.2, 0.25) is 0 Å². The Kier molecular flexibility index (Phi) is 8.30. The Balaban J connectivity index is 0.00000121. The topological polar surface area (TPSA) is 0 Å². The third kappa shape index (κ3) is 4.64. The molecule has 0 radical (unpaired) electrons. The van der Waals surface area contributed by atoms with Gasteiger partial charge in [0.25, 0.3) is 0 Å². The predicted octanol–water partition coefficient (Wildman–Crippen LogP) is -3.38. The van der Waals surface area contributed by atoms with Crippen molar-refractivity contribution in [2.75, 3.05) is 0 Å². The first kappa shape index (κ1) is 19.3. The average Bonchev–Trinajstić information content (AvgIpc) is 2.50. The molecule has 0 unspecified atom stereocenters. The van der Waals surface area contributed by atoms with Gasteiger partial charge in [-0.1, -0.05) is 0 Å². The molecule has 3 aromatic rings. The second-order valence-corrected chi connectivity index (χ2v) is 7.70. The summed E-state index contributed by atoms with van der Waals surface area (Å²) in [7, 11) is -0.473. The molecule has 0 aromatic heterocycles. The number of hydrogen-bond acceptors (Lipinski definition) is 0. The number of benzene rings is 3. The molecule has 0 amide bonds. The molecule has 4 heteroatoms. The molecule has 113 valence electrons. The Labute approximate surface area is 155 Å². The second-order valence-electron chi connectivity index (χ2n) is 4.47. The normalized spacial score (nSPS) is 9.68. The van der Waals surface area contributed by atoms with Crippen LogP contribution in [-0.4, -0.2) is 0 Å². The molecular formula is C18H14Cl2PRu. The van der Waals surface area contributed by atoms with E-state index < -0.39 is 7.92 Å². The third-order valence-electron chi connectivity index (χ3n) is 3.09. The monoisotopic (exact) mass is 433 g/mol. The average molecular weight is 433 g/mol. The SMILES string of the molecule is [Cl-].[Cl-].[Ru+2][c]1cccc(P(c2ccccc2)c2ccccc2)c1. The maximum absolute atomic E-state index is 2.69. The quantitative estimate of drug-likeness (QED) is 0.299. The summed E-state index contributed by atoms with van der Waals surface area (Å²) in [5.74, 6) is 0. The molecule has 0 bridgehead atoms. The van der Waals surface area contributed by atoms with E-state index in [1.165, 1.54) is 20.1 Å². The summed E-state index contributed by atoms with van der Waals surface area (Å²) in [6.45, 7) is 0. The van der Waals surface area contributed by atoms with Crippen LogP contribution in [0.15, 0.2) is 84.9 Å². The van der Waals surface area contributed by atoms with Crippen LogP contribution in [0.2, 0.25) is 0 Å². The molecule has 0 saturated heterocycles. The molecule has 0 spiro atoms. The van der Waals surface area contributed by atoms with Gasteiger partial charge < -0.3 is 24.8 Å². The summed E-state index contributed by atoms with van der Waals surface area (Å²) in [6, 6.07) is 30.4. The maximum atomic E-state index is 2.69. The van der Waals surface area contributed by atoms with Crippen molar-refractivity contribution < 1.29 is 43.1 Å². The molecule has 0 aliphatic carbocycles. The Morgan fingerprint density at radius 3 is 1.45 bits per heavy atom. The minimum absolute atomic E-state index is 0. The summed E-state index contributed by atoms with van der Waals surface area (Å²) in [6.07, 6.45) is 0. The zero-order valence-electron chi connectivity index (χ0n) is 11.6. The Hall–Kier alpha value is -0.707. The van der Waals surface area contributed by atoms with Gasteiger partial charge in [0, 0.05) is 0 Å². The van der Waals surface area contributed by atoms with Gasteiger partial charge in [-0.2, -0.15) is 0 Å². The van der Waals surface area contributed by atoms with Crippen LogP contribution in [0.3, 0.4) is 0 Å². The van der Waals surface area contributed by atoms with Gasteiger partial charge in [-0.05, 0) is 0 Å². The van der Waals surface area contributed by atoms with E-state index >= 15 is 0 Å². The molecule has 0 saturated carbocycles. The Morgan fingerprint density at radius 2 is 1.00 bits per heavy atom. The molecule has 22 heavy (non-hydrogen) atoms. The zero-order chi connectivity index (χ0) is 13.8. The number of rotatable bonds is 3.